The molecule has 0 radical (unpaired) electrons. The van der Waals surface area contributed by atoms with E-state index in [1.54, 1.807) is 0 Å². The number of allylic oxidation sites excluding steroid dienone is 4. The molecule has 4 heterocycles. The van der Waals surface area contributed by atoms with Gasteiger partial charge in [-0.1, -0.05) is 121 Å². The molecule has 2 saturated heterocycles. The molecule has 0 spiro atoms. The van der Waals surface area contributed by atoms with Crippen molar-refractivity contribution >= 4 is 24.0 Å². The van der Waals surface area contributed by atoms with Crippen LogP contribution in [0.5, 0.6) is 0 Å². The Balaban J connectivity index is 1.01. The number of carbonyl (C=O) groups excluding carboxylic acids is 4. The minimum Gasteiger partial charge on any atom is -0.453 e. The number of fused-ring (bicyclic) bond motifs is 2. The summed E-state index contributed by atoms with van der Waals surface area (Å²) >= 11 is 0. The fourth-order valence-corrected chi connectivity index (χ4v) is 12.8. The molecule has 5 aliphatic rings. The van der Waals surface area contributed by atoms with E-state index in [4.69, 9.17) is 19.4 Å². The van der Waals surface area contributed by atoms with Crippen LogP contribution in [0.2, 0.25) is 0 Å². The molecule has 9 atom stereocenters. The third-order valence-corrected chi connectivity index (χ3v) is 16.9. The summed E-state index contributed by atoms with van der Waals surface area (Å²) in [7, 11) is 2.66. The van der Waals surface area contributed by atoms with Gasteiger partial charge >= 0.3 is 12.2 Å². The second-order valence-corrected chi connectivity index (χ2v) is 22.2. The van der Waals surface area contributed by atoms with E-state index >= 15 is 0 Å². The van der Waals surface area contributed by atoms with Crippen molar-refractivity contribution in [1.29, 1.82) is 0 Å². The van der Waals surface area contributed by atoms with Crippen molar-refractivity contribution in [2.45, 2.75) is 168 Å². The van der Waals surface area contributed by atoms with E-state index in [1.807, 2.05) is 45.0 Å². The van der Waals surface area contributed by atoms with Gasteiger partial charge in [0.1, 0.15) is 23.7 Å². The zero-order chi connectivity index (χ0) is 51.5. The average molecular weight is 995 g/mol. The van der Waals surface area contributed by atoms with Crippen LogP contribution in [0.15, 0.2) is 72.6 Å². The highest BCUT2D eigenvalue weighted by Gasteiger charge is 2.50. The first-order valence-corrected chi connectivity index (χ1v) is 27.3. The molecule has 0 bridgehead atoms. The smallest absolute Gasteiger partial charge is 0.407 e. The Kier molecular flexibility index (Phi) is 16.0. The maximum Gasteiger partial charge on any atom is 0.407 e. The van der Waals surface area contributed by atoms with E-state index in [1.165, 1.54) is 36.5 Å². The molecular weight excluding hydrogens is 917 g/mol. The quantitative estimate of drug-likeness (QED) is 0.0910. The van der Waals surface area contributed by atoms with E-state index in [2.05, 4.69) is 94.0 Å². The summed E-state index contributed by atoms with van der Waals surface area (Å²) in [5.41, 5.74) is 10.1. The van der Waals surface area contributed by atoms with Gasteiger partial charge in [-0.3, -0.25) is 9.59 Å². The Bertz CT molecular complexity index is 2680. The van der Waals surface area contributed by atoms with E-state index < -0.39 is 24.3 Å². The largest absolute Gasteiger partial charge is 0.453 e. The number of imidazole rings is 2. The lowest BCUT2D eigenvalue weighted by atomic mass is 9.84. The number of H-pyrrole nitrogens is 2. The van der Waals surface area contributed by atoms with Crippen molar-refractivity contribution in [3.05, 3.63) is 95.4 Å². The molecule has 2 saturated carbocycles. The van der Waals surface area contributed by atoms with Crippen LogP contribution in [-0.2, 0) is 31.9 Å². The summed E-state index contributed by atoms with van der Waals surface area (Å²) in [6.07, 6.45) is 23.4. The summed E-state index contributed by atoms with van der Waals surface area (Å²) in [6.45, 7) is 12.3. The molecule has 4 N–H and O–H groups in total. The number of ether oxygens (including phenoxy) is 2. The maximum absolute atomic E-state index is 14.6. The molecule has 73 heavy (non-hydrogen) atoms. The normalized spacial score (nSPS) is 24.5. The monoisotopic (exact) mass is 995 g/mol. The zero-order valence-electron chi connectivity index (χ0n) is 44.3. The molecule has 2 aromatic carbocycles. The summed E-state index contributed by atoms with van der Waals surface area (Å²) in [5.74, 6) is 2.47. The lowest BCUT2D eigenvalue weighted by Crippen LogP contribution is -2.53. The number of aryl methyl sites for hydroxylation is 2. The minimum atomic E-state index is -0.708. The number of nitrogens with one attached hydrogen (secondary N) is 4. The third-order valence-electron chi connectivity index (χ3n) is 16.9. The van der Waals surface area contributed by atoms with E-state index in [-0.39, 0.29) is 47.8 Å². The number of hydrogen-bond donors (Lipinski definition) is 4. The Labute approximate surface area is 432 Å². The Hall–Kier alpha value is -6.18. The predicted molar refractivity (Wildman–Crippen MR) is 284 cm³/mol. The highest BCUT2D eigenvalue weighted by atomic mass is 16.5. The third kappa shape index (κ3) is 10.9. The molecule has 4 aromatic rings. The number of methoxy groups -OCH3 is 2. The van der Waals surface area contributed by atoms with Gasteiger partial charge in [-0.15, -0.1) is 0 Å². The van der Waals surface area contributed by atoms with Crippen LogP contribution in [0.3, 0.4) is 0 Å². The van der Waals surface area contributed by atoms with Gasteiger partial charge in [0.25, 0.3) is 0 Å². The van der Waals surface area contributed by atoms with Crippen LogP contribution in [0.4, 0.5) is 9.59 Å². The van der Waals surface area contributed by atoms with Crippen molar-refractivity contribution in [3.8, 4) is 33.6 Å². The van der Waals surface area contributed by atoms with Gasteiger partial charge in [-0.2, -0.15) is 0 Å². The van der Waals surface area contributed by atoms with Gasteiger partial charge in [-0.25, -0.2) is 19.6 Å². The van der Waals surface area contributed by atoms with Gasteiger partial charge in [0, 0.05) is 17.6 Å². The number of aromatic amines is 2. The first-order valence-electron chi connectivity index (χ1n) is 27.3. The maximum atomic E-state index is 14.6. The number of alkyl carbamates (subject to hydrolysis) is 2. The lowest BCUT2D eigenvalue weighted by Gasteiger charge is -2.36. The fraction of sp³-hybridized carbons (Fsp3) is 0.559. The summed E-state index contributed by atoms with van der Waals surface area (Å²) < 4.78 is 9.88. The molecule has 4 amide bonds. The number of benzene rings is 2. The molecule has 2 aromatic heterocycles. The van der Waals surface area contributed by atoms with Crippen molar-refractivity contribution in [2.24, 2.45) is 29.6 Å². The SMILES string of the molecule is CCc1cc(-c2cnc(C3CC4CCCCC4N3C(=O)C(NC(=O)OC)C(C)C)[nH]2)c(CCC2=CCC(C)C=C2)cc1-c1ccc(-c2cnc(C3CC4CCCCC4N3C(=O)C(NC(=O)OC)C(C)C)[nH]2)cc1. The molecule has 9 unspecified atom stereocenters. The van der Waals surface area contributed by atoms with Crippen LogP contribution in [0.25, 0.3) is 33.6 Å². The highest BCUT2D eigenvalue weighted by Crippen LogP contribution is 2.48. The van der Waals surface area contributed by atoms with Crippen LogP contribution in [0.1, 0.15) is 153 Å². The van der Waals surface area contributed by atoms with Crippen LogP contribution >= 0.6 is 0 Å². The van der Waals surface area contributed by atoms with Crippen molar-refractivity contribution < 1.29 is 28.7 Å². The second-order valence-electron chi connectivity index (χ2n) is 22.2. The molecule has 14 heteroatoms. The standard InChI is InChI=1S/C59H78N8O6/c1-9-38-28-45(47-33-61-55(63-47)51-31-43-15-11-13-17-49(43)67(51)57(69)53(35(4)5)65-59(71)73-8)41(23-22-37-20-18-36(6)19-21-37)29-44(38)39-24-26-40(27-25-39)46-32-60-54(62-46)50-30-42-14-10-12-16-48(42)66(50)56(68)52(34(2)3)64-58(70)72-7/h18,20-21,24-29,32-36,42-43,48-53H,9-17,19,22-23,30-31H2,1-8H3,(H,60,62)(H,61,63)(H,64,70)(H,65,71). The number of aromatic nitrogens is 4. The number of hydrogen-bond acceptors (Lipinski definition) is 8. The Morgan fingerprint density at radius 1 is 0.685 bits per heavy atom. The molecule has 3 aliphatic carbocycles. The Morgan fingerprint density at radius 3 is 1.70 bits per heavy atom. The predicted octanol–water partition coefficient (Wildman–Crippen LogP) is 11.6. The van der Waals surface area contributed by atoms with Crippen LogP contribution in [0, 0.1) is 29.6 Å². The number of amides is 4. The van der Waals surface area contributed by atoms with E-state index in [0.717, 1.165) is 130 Å². The average Bonchev–Trinajstić information content (AvgIpc) is 4.24. The van der Waals surface area contributed by atoms with Gasteiger partial charge < -0.3 is 39.9 Å². The van der Waals surface area contributed by atoms with Crippen molar-refractivity contribution in [3.63, 3.8) is 0 Å². The summed E-state index contributed by atoms with van der Waals surface area (Å²) in [6, 6.07) is 11.8. The number of rotatable bonds is 15. The number of nitrogens with zero attached hydrogens (tertiary/aromatic N) is 4. The molecule has 9 rings (SSSR count). The molecule has 4 fully saturated rings. The molecular formula is C59H78N8O6. The van der Waals surface area contributed by atoms with Gasteiger partial charge in [0.15, 0.2) is 0 Å². The number of likely N-dealkylation sites (tertiary alicyclic amines) is 2. The van der Waals surface area contributed by atoms with Crippen molar-refractivity contribution in [1.82, 2.24) is 40.4 Å². The van der Waals surface area contributed by atoms with Crippen LogP contribution in [-0.4, -0.2) is 92.1 Å². The van der Waals surface area contributed by atoms with Crippen LogP contribution < -0.4 is 10.6 Å². The zero-order valence-corrected chi connectivity index (χ0v) is 44.3. The number of carbonyl (C=O) groups is 4. The molecule has 2 aliphatic heterocycles. The highest BCUT2D eigenvalue weighted by molar-refractivity contribution is 5.88. The summed E-state index contributed by atoms with van der Waals surface area (Å²) in [4.78, 5) is 75.4. The molecule has 14 nitrogen and oxygen atoms in total. The van der Waals surface area contributed by atoms with Gasteiger partial charge in [0.05, 0.1) is 50.1 Å². The topological polar surface area (TPSA) is 175 Å². The summed E-state index contributed by atoms with van der Waals surface area (Å²) in [5, 5.41) is 5.67. The van der Waals surface area contributed by atoms with Crippen molar-refractivity contribution in [2.75, 3.05) is 14.2 Å². The Morgan fingerprint density at radius 2 is 1.19 bits per heavy atom. The second kappa shape index (κ2) is 22.5. The lowest BCUT2D eigenvalue weighted by molar-refractivity contribution is -0.139. The van der Waals surface area contributed by atoms with E-state index in [9.17, 15) is 19.2 Å². The van der Waals surface area contributed by atoms with E-state index in [0.29, 0.717) is 17.8 Å². The molecule has 390 valence electrons. The first kappa shape index (κ1) is 51.7. The van der Waals surface area contributed by atoms with Gasteiger partial charge in [-0.05, 0) is 128 Å². The minimum absolute atomic E-state index is 0.0748. The fourth-order valence-electron chi connectivity index (χ4n) is 12.8. The first-order chi connectivity index (χ1) is 35.3. The van der Waals surface area contributed by atoms with Gasteiger partial charge in [0.2, 0.25) is 11.8 Å².